The average molecular weight is 140 g/mol. The minimum Gasteiger partial charge on any atom is -0.498 e. The van der Waals surface area contributed by atoms with Gasteiger partial charge in [0.05, 0.1) is 12.4 Å². The molecule has 0 fully saturated rings. The van der Waals surface area contributed by atoms with Gasteiger partial charge >= 0.3 is 0 Å². The molecule has 0 unspecified atom stereocenters. The first kappa shape index (κ1) is 9.28. The molecule has 0 rings (SSSR count). The predicted octanol–water partition coefficient (Wildman–Crippen LogP) is 2.89. The Hall–Kier alpha value is -0.720. The summed E-state index contributed by atoms with van der Waals surface area (Å²) >= 11 is 0. The highest BCUT2D eigenvalue weighted by Crippen LogP contribution is 2.05. The predicted molar refractivity (Wildman–Crippen MR) is 44.8 cm³/mol. The topological polar surface area (TPSA) is 9.23 Å². The van der Waals surface area contributed by atoms with Crippen molar-refractivity contribution in [1.29, 1.82) is 0 Å². The van der Waals surface area contributed by atoms with Gasteiger partial charge in [0, 0.05) is 0 Å². The molecule has 0 bridgehead atoms. The molecule has 0 aromatic rings. The monoisotopic (exact) mass is 140 g/mol. The Bertz CT molecular complexity index is 134. The molecule has 0 radical (unpaired) electrons. The number of hydrogen-bond acceptors (Lipinski definition) is 1. The van der Waals surface area contributed by atoms with Gasteiger partial charge in [-0.25, -0.2) is 0 Å². The third-order valence-electron chi connectivity index (χ3n) is 1.38. The zero-order valence-electron chi connectivity index (χ0n) is 7.11. The van der Waals surface area contributed by atoms with E-state index in [2.05, 4.69) is 13.5 Å². The summed E-state index contributed by atoms with van der Waals surface area (Å²) in [6.07, 6.45) is 2.87. The summed E-state index contributed by atoms with van der Waals surface area (Å²) in [7, 11) is 0. The van der Waals surface area contributed by atoms with Crippen molar-refractivity contribution < 1.29 is 4.74 Å². The first-order chi connectivity index (χ1) is 4.72. The van der Waals surface area contributed by atoms with Crippen LogP contribution in [-0.4, -0.2) is 6.61 Å². The zero-order chi connectivity index (χ0) is 7.98. The molecule has 0 spiro atoms. The van der Waals surface area contributed by atoms with Gasteiger partial charge in [0.2, 0.25) is 0 Å². The fourth-order valence-electron chi connectivity index (χ4n) is 0.513. The van der Waals surface area contributed by atoms with E-state index in [-0.39, 0.29) is 0 Å². The van der Waals surface area contributed by atoms with Gasteiger partial charge in [-0.3, -0.25) is 0 Å². The standard InChI is InChI=1S/C9H16O/c1-5-7-10-9(4)8(3)6-2/h6H,2,5,7H2,1,3-4H3/b9-8+. The second-order valence-electron chi connectivity index (χ2n) is 2.29. The van der Waals surface area contributed by atoms with Crippen LogP contribution < -0.4 is 0 Å². The van der Waals surface area contributed by atoms with E-state index >= 15 is 0 Å². The third-order valence-corrected chi connectivity index (χ3v) is 1.38. The second kappa shape index (κ2) is 5.10. The fourth-order valence-corrected chi connectivity index (χ4v) is 0.513. The van der Waals surface area contributed by atoms with Gasteiger partial charge in [0.15, 0.2) is 0 Å². The maximum Gasteiger partial charge on any atom is 0.0957 e. The van der Waals surface area contributed by atoms with Gasteiger partial charge in [-0.2, -0.15) is 0 Å². The van der Waals surface area contributed by atoms with Crippen LogP contribution in [0.3, 0.4) is 0 Å². The van der Waals surface area contributed by atoms with Crippen molar-refractivity contribution in [2.24, 2.45) is 0 Å². The zero-order valence-corrected chi connectivity index (χ0v) is 7.11. The van der Waals surface area contributed by atoms with Gasteiger partial charge in [-0.1, -0.05) is 19.6 Å². The summed E-state index contributed by atoms with van der Waals surface area (Å²) in [4.78, 5) is 0. The Morgan fingerprint density at radius 1 is 1.50 bits per heavy atom. The van der Waals surface area contributed by atoms with Gasteiger partial charge in [0.1, 0.15) is 0 Å². The lowest BCUT2D eigenvalue weighted by Gasteiger charge is -2.05. The SMILES string of the molecule is C=C/C(C)=C(\C)OCCC. The van der Waals surface area contributed by atoms with Crippen molar-refractivity contribution in [3.63, 3.8) is 0 Å². The van der Waals surface area contributed by atoms with Crippen LogP contribution in [0.1, 0.15) is 27.2 Å². The van der Waals surface area contributed by atoms with Crippen molar-refractivity contribution >= 4 is 0 Å². The highest BCUT2D eigenvalue weighted by atomic mass is 16.5. The quantitative estimate of drug-likeness (QED) is 0.431. The van der Waals surface area contributed by atoms with E-state index in [4.69, 9.17) is 4.74 Å². The summed E-state index contributed by atoms with van der Waals surface area (Å²) in [5.41, 5.74) is 1.12. The minimum absolute atomic E-state index is 0.803. The van der Waals surface area contributed by atoms with Crippen LogP contribution >= 0.6 is 0 Å². The smallest absolute Gasteiger partial charge is 0.0957 e. The Morgan fingerprint density at radius 3 is 2.50 bits per heavy atom. The van der Waals surface area contributed by atoms with Crippen LogP contribution in [0.25, 0.3) is 0 Å². The largest absolute Gasteiger partial charge is 0.498 e. The number of ether oxygens (including phenoxy) is 1. The molecule has 0 atom stereocenters. The molecule has 1 heteroatoms. The van der Waals surface area contributed by atoms with Crippen LogP contribution in [0.4, 0.5) is 0 Å². The van der Waals surface area contributed by atoms with Gasteiger partial charge in [0.25, 0.3) is 0 Å². The molecule has 58 valence electrons. The van der Waals surface area contributed by atoms with Crippen LogP contribution in [-0.2, 0) is 4.74 Å². The normalized spacial score (nSPS) is 12.3. The van der Waals surface area contributed by atoms with E-state index in [1.54, 1.807) is 0 Å². The Balaban J connectivity index is 3.79. The molecule has 0 amide bonds. The van der Waals surface area contributed by atoms with Crippen LogP contribution in [0.15, 0.2) is 24.0 Å². The van der Waals surface area contributed by atoms with E-state index in [0.717, 1.165) is 24.4 Å². The second-order valence-corrected chi connectivity index (χ2v) is 2.29. The summed E-state index contributed by atoms with van der Waals surface area (Å²) in [5.74, 6) is 0.983. The summed E-state index contributed by atoms with van der Waals surface area (Å²) in [6.45, 7) is 10.5. The molecule has 0 aliphatic rings. The number of hydrogen-bond donors (Lipinski definition) is 0. The lowest BCUT2D eigenvalue weighted by Crippen LogP contribution is -1.91. The molecule has 10 heavy (non-hydrogen) atoms. The molecule has 0 aromatic carbocycles. The molecular formula is C9H16O. The van der Waals surface area contributed by atoms with Crippen molar-refractivity contribution in [2.45, 2.75) is 27.2 Å². The van der Waals surface area contributed by atoms with E-state index in [1.165, 1.54) is 0 Å². The number of allylic oxidation sites excluding steroid dienone is 3. The van der Waals surface area contributed by atoms with Crippen LogP contribution in [0, 0.1) is 0 Å². The molecule has 0 N–H and O–H groups in total. The highest BCUT2D eigenvalue weighted by molar-refractivity contribution is 5.15. The highest BCUT2D eigenvalue weighted by Gasteiger charge is 1.91. The van der Waals surface area contributed by atoms with Gasteiger partial charge in [-0.15, -0.1) is 0 Å². The van der Waals surface area contributed by atoms with Crippen molar-refractivity contribution in [2.75, 3.05) is 6.61 Å². The maximum atomic E-state index is 5.35. The molecule has 0 aromatic heterocycles. The van der Waals surface area contributed by atoms with Gasteiger partial charge in [-0.05, 0) is 25.8 Å². The third kappa shape index (κ3) is 3.33. The van der Waals surface area contributed by atoms with Crippen molar-refractivity contribution in [1.82, 2.24) is 0 Å². The lowest BCUT2D eigenvalue weighted by atomic mass is 10.3. The van der Waals surface area contributed by atoms with Crippen LogP contribution in [0.5, 0.6) is 0 Å². The molecule has 0 heterocycles. The van der Waals surface area contributed by atoms with E-state index in [1.807, 2.05) is 19.9 Å². The van der Waals surface area contributed by atoms with Crippen molar-refractivity contribution in [3.8, 4) is 0 Å². The molecule has 0 saturated heterocycles. The Kier molecular flexibility index (Phi) is 4.73. The van der Waals surface area contributed by atoms with Crippen molar-refractivity contribution in [3.05, 3.63) is 24.0 Å². The van der Waals surface area contributed by atoms with E-state index < -0.39 is 0 Å². The van der Waals surface area contributed by atoms with Gasteiger partial charge < -0.3 is 4.74 Å². The molecule has 0 aliphatic carbocycles. The Labute approximate surface area is 63.4 Å². The van der Waals surface area contributed by atoms with E-state index in [0.29, 0.717) is 0 Å². The summed E-state index contributed by atoms with van der Waals surface area (Å²) in [6, 6.07) is 0. The summed E-state index contributed by atoms with van der Waals surface area (Å²) < 4.78 is 5.35. The first-order valence-electron chi connectivity index (χ1n) is 3.65. The fraction of sp³-hybridized carbons (Fsp3) is 0.556. The molecular weight excluding hydrogens is 124 g/mol. The lowest BCUT2D eigenvalue weighted by molar-refractivity contribution is 0.212. The van der Waals surface area contributed by atoms with E-state index in [9.17, 15) is 0 Å². The molecule has 1 nitrogen and oxygen atoms in total. The maximum absolute atomic E-state index is 5.35. The number of rotatable bonds is 4. The molecule has 0 aliphatic heterocycles. The molecule has 0 saturated carbocycles. The minimum atomic E-state index is 0.803. The first-order valence-corrected chi connectivity index (χ1v) is 3.65. The Morgan fingerprint density at radius 2 is 2.10 bits per heavy atom. The van der Waals surface area contributed by atoms with Crippen LogP contribution in [0.2, 0.25) is 0 Å². The summed E-state index contributed by atoms with van der Waals surface area (Å²) in [5, 5.41) is 0. The average Bonchev–Trinajstić information content (AvgIpc) is 1.98.